The number of aryl methyl sites for hydroxylation is 1. The highest BCUT2D eigenvalue weighted by molar-refractivity contribution is 6.33. The lowest BCUT2D eigenvalue weighted by Gasteiger charge is -2.39. The van der Waals surface area contributed by atoms with Gasteiger partial charge in [0.25, 0.3) is 0 Å². The minimum absolute atomic E-state index is 0.645. The molecule has 2 heterocycles. The second kappa shape index (κ2) is 6.29. The molecule has 0 radical (unpaired) electrons. The van der Waals surface area contributed by atoms with E-state index in [0.717, 1.165) is 42.3 Å². The number of hydrogen-bond donors (Lipinski definition) is 0. The Labute approximate surface area is 143 Å². The molecule has 0 saturated heterocycles. The van der Waals surface area contributed by atoms with Gasteiger partial charge in [-0.25, -0.2) is 0 Å². The first-order valence-electron chi connectivity index (χ1n) is 8.14. The van der Waals surface area contributed by atoms with E-state index in [4.69, 9.17) is 23.2 Å². The van der Waals surface area contributed by atoms with E-state index in [1.54, 1.807) is 0 Å². The number of anilines is 1. The Morgan fingerprint density at radius 2 is 2.00 bits per heavy atom. The molecule has 3 rings (SSSR count). The van der Waals surface area contributed by atoms with Crippen molar-refractivity contribution >= 4 is 28.9 Å². The van der Waals surface area contributed by atoms with E-state index in [2.05, 4.69) is 37.8 Å². The number of allylic oxidation sites excluding steroid dienone is 3. The van der Waals surface area contributed by atoms with Crippen LogP contribution in [0.2, 0.25) is 5.02 Å². The smallest absolute Gasteiger partial charge is 0.0631 e. The third kappa shape index (κ3) is 2.81. The third-order valence-corrected chi connectivity index (χ3v) is 5.54. The molecule has 2 aliphatic rings. The molecule has 1 atom stereocenters. The molecule has 0 aromatic heterocycles. The zero-order valence-electron chi connectivity index (χ0n) is 13.5. The molecular weight excluding hydrogens is 313 g/mol. The summed E-state index contributed by atoms with van der Waals surface area (Å²) in [6, 6.07) is 6.27. The molecular formula is C19H23Cl2N. The lowest BCUT2D eigenvalue weighted by atomic mass is 9.88. The molecule has 0 bridgehead atoms. The Morgan fingerprint density at radius 3 is 2.73 bits per heavy atom. The minimum atomic E-state index is 0.645. The SMILES string of the molecule is CCC1=C2C(Cl)=C(C)CCc3cc(Cl)ccc3N2CC(C)C1. The van der Waals surface area contributed by atoms with Crippen molar-refractivity contribution in [2.45, 2.75) is 46.5 Å². The van der Waals surface area contributed by atoms with E-state index in [9.17, 15) is 0 Å². The fraction of sp³-hybridized carbons (Fsp3) is 0.474. The van der Waals surface area contributed by atoms with Crippen LogP contribution in [-0.4, -0.2) is 6.54 Å². The average molecular weight is 336 g/mol. The first kappa shape index (κ1) is 16.0. The molecule has 1 nitrogen and oxygen atoms in total. The fourth-order valence-electron chi connectivity index (χ4n) is 3.63. The van der Waals surface area contributed by atoms with Crippen molar-refractivity contribution in [2.24, 2.45) is 5.92 Å². The number of hydrogen-bond acceptors (Lipinski definition) is 1. The van der Waals surface area contributed by atoms with Gasteiger partial charge >= 0.3 is 0 Å². The highest BCUT2D eigenvalue weighted by atomic mass is 35.5. The van der Waals surface area contributed by atoms with Crippen molar-refractivity contribution in [3.63, 3.8) is 0 Å². The van der Waals surface area contributed by atoms with Gasteiger partial charge in [-0.1, -0.05) is 42.6 Å². The first-order valence-corrected chi connectivity index (χ1v) is 8.90. The van der Waals surface area contributed by atoms with Crippen molar-refractivity contribution in [3.05, 3.63) is 50.7 Å². The molecule has 2 aliphatic heterocycles. The van der Waals surface area contributed by atoms with E-state index in [1.165, 1.54) is 28.1 Å². The van der Waals surface area contributed by atoms with Gasteiger partial charge in [0, 0.05) is 17.3 Å². The molecule has 22 heavy (non-hydrogen) atoms. The van der Waals surface area contributed by atoms with Crippen molar-refractivity contribution in [3.8, 4) is 0 Å². The highest BCUT2D eigenvalue weighted by Crippen LogP contribution is 2.42. The van der Waals surface area contributed by atoms with Crippen molar-refractivity contribution in [1.29, 1.82) is 0 Å². The van der Waals surface area contributed by atoms with Crippen LogP contribution in [0.5, 0.6) is 0 Å². The van der Waals surface area contributed by atoms with Crippen LogP contribution in [0.3, 0.4) is 0 Å². The molecule has 1 unspecified atom stereocenters. The predicted molar refractivity (Wildman–Crippen MR) is 96.8 cm³/mol. The maximum Gasteiger partial charge on any atom is 0.0631 e. The van der Waals surface area contributed by atoms with Gasteiger partial charge in [-0.2, -0.15) is 0 Å². The van der Waals surface area contributed by atoms with E-state index in [1.807, 2.05) is 6.07 Å². The van der Waals surface area contributed by atoms with Gasteiger partial charge in [0.1, 0.15) is 0 Å². The second-order valence-corrected chi connectivity index (χ2v) is 7.41. The molecule has 1 aromatic rings. The molecule has 0 spiro atoms. The lowest BCUT2D eigenvalue weighted by molar-refractivity contribution is 0.533. The van der Waals surface area contributed by atoms with Gasteiger partial charge in [-0.3, -0.25) is 0 Å². The quantitative estimate of drug-likeness (QED) is 0.581. The van der Waals surface area contributed by atoms with Crippen LogP contribution in [0.1, 0.15) is 45.6 Å². The van der Waals surface area contributed by atoms with E-state index in [0.29, 0.717) is 5.92 Å². The summed E-state index contributed by atoms with van der Waals surface area (Å²) < 4.78 is 0. The number of halogens is 2. The van der Waals surface area contributed by atoms with E-state index < -0.39 is 0 Å². The van der Waals surface area contributed by atoms with Gasteiger partial charge in [0.15, 0.2) is 0 Å². The van der Waals surface area contributed by atoms with Crippen molar-refractivity contribution < 1.29 is 0 Å². The zero-order valence-corrected chi connectivity index (χ0v) is 15.1. The largest absolute Gasteiger partial charge is 0.340 e. The molecule has 118 valence electrons. The topological polar surface area (TPSA) is 3.24 Å². The van der Waals surface area contributed by atoms with Crippen LogP contribution in [0.15, 0.2) is 40.1 Å². The predicted octanol–water partition coefficient (Wildman–Crippen LogP) is 6.31. The maximum absolute atomic E-state index is 6.79. The van der Waals surface area contributed by atoms with Gasteiger partial charge in [-0.05, 0) is 67.9 Å². The van der Waals surface area contributed by atoms with E-state index >= 15 is 0 Å². The minimum Gasteiger partial charge on any atom is -0.340 e. The van der Waals surface area contributed by atoms with Gasteiger partial charge in [0.05, 0.1) is 10.7 Å². The van der Waals surface area contributed by atoms with Crippen LogP contribution in [-0.2, 0) is 6.42 Å². The van der Waals surface area contributed by atoms with Gasteiger partial charge in [-0.15, -0.1) is 0 Å². The number of fused-ring (bicyclic) bond motifs is 3. The standard InChI is InChI=1S/C19H23Cl2N/c1-4-14-9-12(2)11-22-17-8-7-16(20)10-15(17)6-5-13(3)18(21)19(14)22/h7-8,10,12H,4-6,9,11H2,1-3H3. The van der Waals surface area contributed by atoms with Crippen LogP contribution in [0.25, 0.3) is 0 Å². The monoisotopic (exact) mass is 335 g/mol. The summed E-state index contributed by atoms with van der Waals surface area (Å²) >= 11 is 13.0. The molecule has 0 aliphatic carbocycles. The highest BCUT2D eigenvalue weighted by Gasteiger charge is 2.29. The Balaban J connectivity index is 2.23. The molecule has 0 amide bonds. The Morgan fingerprint density at radius 1 is 1.23 bits per heavy atom. The molecule has 1 aromatic carbocycles. The molecule has 0 fully saturated rings. The van der Waals surface area contributed by atoms with Crippen LogP contribution in [0.4, 0.5) is 5.69 Å². The maximum atomic E-state index is 6.79. The summed E-state index contributed by atoms with van der Waals surface area (Å²) in [6.45, 7) is 7.75. The molecule has 3 heteroatoms. The summed E-state index contributed by atoms with van der Waals surface area (Å²) in [7, 11) is 0. The van der Waals surface area contributed by atoms with Crippen LogP contribution in [0, 0.1) is 5.92 Å². The Hall–Kier alpha value is -0.920. The first-order chi connectivity index (χ1) is 10.5. The fourth-order valence-corrected chi connectivity index (χ4v) is 4.16. The Bertz CT molecular complexity index is 657. The summed E-state index contributed by atoms with van der Waals surface area (Å²) in [4.78, 5) is 2.43. The van der Waals surface area contributed by atoms with Crippen LogP contribution >= 0.6 is 23.2 Å². The summed E-state index contributed by atoms with van der Waals surface area (Å²) in [5.74, 6) is 0.645. The number of nitrogens with zero attached hydrogens (tertiary/aromatic N) is 1. The second-order valence-electron chi connectivity index (χ2n) is 6.59. The molecule has 0 saturated carbocycles. The zero-order chi connectivity index (χ0) is 15.9. The van der Waals surface area contributed by atoms with Crippen molar-refractivity contribution in [1.82, 2.24) is 0 Å². The normalized spacial score (nSPS) is 22.2. The van der Waals surface area contributed by atoms with E-state index in [-0.39, 0.29) is 0 Å². The summed E-state index contributed by atoms with van der Waals surface area (Å²) in [5, 5.41) is 1.78. The average Bonchev–Trinajstić information content (AvgIpc) is 2.50. The van der Waals surface area contributed by atoms with Gasteiger partial charge < -0.3 is 4.90 Å². The third-order valence-electron chi connectivity index (χ3n) is 4.80. The number of rotatable bonds is 1. The summed E-state index contributed by atoms with van der Waals surface area (Å²) in [6.07, 6.45) is 4.20. The molecule has 0 N–H and O–H groups in total. The summed E-state index contributed by atoms with van der Waals surface area (Å²) in [5.41, 5.74) is 6.63. The Kier molecular flexibility index (Phi) is 4.56. The lowest BCUT2D eigenvalue weighted by Crippen LogP contribution is -2.35. The van der Waals surface area contributed by atoms with Gasteiger partial charge in [0.2, 0.25) is 0 Å². The number of benzene rings is 1. The van der Waals surface area contributed by atoms with Crippen LogP contribution < -0.4 is 4.90 Å². The van der Waals surface area contributed by atoms with Crippen molar-refractivity contribution in [2.75, 3.05) is 11.4 Å².